The molecule has 0 aromatic rings. The molecule has 0 amide bonds. The Morgan fingerprint density at radius 3 is 3.08 bits per heavy atom. The molecule has 0 radical (unpaired) electrons. The first kappa shape index (κ1) is 10.1. The molecule has 1 rings (SSSR count). The van der Waals surface area contributed by atoms with Gasteiger partial charge in [-0.25, -0.2) is 0 Å². The van der Waals surface area contributed by atoms with Crippen LogP contribution in [0.25, 0.3) is 0 Å². The third kappa shape index (κ3) is 3.97. The topological polar surface area (TPSA) is 50.4 Å². The summed E-state index contributed by atoms with van der Waals surface area (Å²) in [5.74, 6) is 0.538. The summed E-state index contributed by atoms with van der Waals surface area (Å²) in [5.41, 5.74) is 7.08. The van der Waals surface area contributed by atoms with E-state index in [-0.39, 0.29) is 0 Å². The summed E-state index contributed by atoms with van der Waals surface area (Å²) in [7, 11) is 1.70. The van der Waals surface area contributed by atoms with Crippen LogP contribution < -0.4 is 11.1 Å². The fraction of sp³-hybridized carbons (Fsp3) is 0.700. The predicted octanol–water partition coefficient (Wildman–Crippen LogP) is 1.41. The van der Waals surface area contributed by atoms with Crippen LogP contribution in [0.3, 0.4) is 0 Å². The number of nitrogens with two attached hydrogens (primary N) is 1. The molecule has 1 aliphatic carbocycles. The van der Waals surface area contributed by atoms with E-state index in [4.69, 9.17) is 5.73 Å². The quantitative estimate of drug-likeness (QED) is 0.393. The highest BCUT2D eigenvalue weighted by Crippen LogP contribution is 2.19. The van der Waals surface area contributed by atoms with Gasteiger partial charge in [0.1, 0.15) is 0 Å². The summed E-state index contributed by atoms with van der Waals surface area (Å²) in [6.45, 7) is 0.912. The molecule has 0 aromatic carbocycles. The zero-order valence-corrected chi connectivity index (χ0v) is 8.34. The normalized spacial score (nSPS) is 18.2. The van der Waals surface area contributed by atoms with Gasteiger partial charge < -0.3 is 11.1 Å². The smallest absolute Gasteiger partial charge is 0.188 e. The van der Waals surface area contributed by atoms with Crippen LogP contribution in [0.15, 0.2) is 16.6 Å². The van der Waals surface area contributed by atoms with Gasteiger partial charge in [-0.1, -0.05) is 11.6 Å². The van der Waals surface area contributed by atoms with Crippen LogP contribution in [0.4, 0.5) is 0 Å². The number of aliphatic imine (C=N–C) groups is 1. The van der Waals surface area contributed by atoms with E-state index in [2.05, 4.69) is 16.4 Å². The number of guanidine groups is 1. The van der Waals surface area contributed by atoms with Crippen molar-refractivity contribution in [3.05, 3.63) is 11.6 Å². The Bertz CT molecular complexity index is 206. The van der Waals surface area contributed by atoms with Gasteiger partial charge in [-0.3, -0.25) is 4.99 Å². The number of rotatable bonds is 3. The third-order valence-electron chi connectivity index (χ3n) is 2.38. The Hall–Kier alpha value is -0.990. The Morgan fingerprint density at radius 2 is 2.46 bits per heavy atom. The summed E-state index contributed by atoms with van der Waals surface area (Å²) >= 11 is 0. The van der Waals surface area contributed by atoms with Gasteiger partial charge in [0.05, 0.1) is 0 Å². The van der Waals surface area contributed by atoms with E-state index < -0.39 is 0 Å². The summed E-state index contributed by atoms with van der Waals surface area (Å²) in [6.07, 6.45) is 8.71. The fourth-order valence-electron chi connectivity index (χ4n) is 1.56. The van der Waals surface area contributed by atoms with Crippen molar-refractivity contribution in [2.75, 3.05) is 13.6 Å². The molecule has 0 aromatic heterocycles. The highest BCUT2D eigenvalue weighted by atomic mass is 15.1. The van der Waals surface area contributed by atoms with E-state index in [1.807, 2.05) is 0 Å². The van der Waals surface area contributed by atoms with Crippen molar-refractivity contribution in [3.8, 4) is 0 Å². The Morgan fingerprint density at radius 1 is 1.62 bits per heavy atom. The van der Waals surface area contributed by atoms with Crippen molar-refractivity contribution in [3.63, 3.8) is 0 Å². The molecular formula is C10H19N3. The molecule has 3 heteroatoms. The number of nitrogens with one attached hydrogen (secondary N) is 1. The molecule has 0 heterocycles. The largest absolute Gasteiger partial charge is 0.370 e. The molecule has 0 saturated heterocycles. The lowest BCUT2D eigenvalue weighted by Gasteiger charge is -2.12. The Balaban J connectivity index is 2.15. The maximum Gasteiger partial charge on any atom is 0.188 e. The van der Waals surface area contributed by atoms with Crippen molar-refractivity contribution >= 4 is 5.96 Å². The van der Waals surface area contributed by atoms with Crippen LogP contribution in [-0.4, -0.2) is 19.6 Å². The lowest BCUT2D eigenvalue weighted by atomic mass is 9.97. The molecule has 1 aliphatic rings. The first-order chi connectivity index (χ1) is 6.33. The minimum absolute atomic E-state index is 0.538. The van der Waals surface area contributed by atoms with Crippen molar-refractivity contribution in [1.29, 1.82) is 0 Å². The van der Waals surface area contributed by atoms with Crippen LogP contribution in [0.5, 0.6) is 0 Å². The van der Waals surface area contributed by atoms with Gasteiger partial charge in [0.15, 0.2) is 5.96 Å². The summed E-state index contributed by atoms with van der Waals surface area (Å²) in [6, 6.07) is 0. The van der Waals surface area contributed by atoms with Gasteiger partial charge in [0.2, 0.25) is 0 Å². The van der Waals surface area contributed by atoms with Gasteiger partial charge in [0, 0.05) is 13.6 Å². The zero-order chi connectivity index (χ0) is 9.52. The molecule has 74 valence electrons. The predicted molar refractivity (Wildman–Crippen MR) is 56.7 cm³/mol. The second kappa shape index (κ2) is 5.62. The van der Waals surface area contributed by atoms with Gasteiger partial charge in [-0.05, 0) is 32.1 Å². The SMILES string of the molecule is CN=C(N)NCCC1=CCCCC1. The van der Waals surface area contributed by atoms with Crippen molar-refractivity contribution < 1.29 is 0 Å². The highest BCUT2D eigenvalue weighted by Gasteiger charge is 2.02. The van der Waals surface area contributed by atoms with Gasteiger partial charge in [-0.2, -0.15) is 0 Å². The molecule has 0 unspecified atom stereocenters. The summed E-state index contributed by atoms with van der Waals surface area (Å²) in [4.78, 5) is 3.83. The van der Waals surface area contributed by atoms with E-state index in [1.165, 1.54) is 25.7 Å². The van der Waals surface area contributed by atoms with Crippen LogP contribution in [0.1, 0.15) is 32.1 Å². The maximum atomic E-state index is 5.51. The molecule has 0 saturated carbocycles. The van der Waals surface area contributed by atoms with E-state index >= 15 is 0 Å². The molecule has 3 nitrogen and oxygen atoms in total. The number of hydrogen-bond donors (Lipinski definition) is 2. The Kier molecular flexibility index (Phi) is 4.36. The molecule has 0 fully saturated rings. The van der Waals surface area contributed by atoms with E-state index in [9.17, 15) is 0 Å². The minimum Gasteiger partial charge on any atom is -0.370 e. The van der Waals surface area contributed by atoms with Crippen molar-refractivity contribution in [2.45, 2.75) is 32.1 Å². The van der Waals surface area contributed by atoms with Crippen LogP contribution in [0, 0.1) is 0 Å². The molecule has 0 aliphatic heterocycles. The first-order valence-corrected chi connectivity index (χ1v) is 4.97. The van der Waals surface area contributed by atoms with E-state index in [1.54, 1.807) is 12.6 Å². The minimum atomic E-state index is 0.538. The van der Waals surface area contributed by atoms with Crippen molar-refractivity contribution in [1.82, 2.24) is 5.32 Å². The van der Waals surface area contributed by atoms with E-state index in [0.29, 0.717) is 5.96 Å². The highest BCUT2D eigenvalue weighted by molar-refractivity contribution is 5.77. The van der Waals surface area contributed by atoms with Crippen LogP contribution in [0.2, 0.25) is 0 Å². The fourth-order valence-corrected chi connectivity index (χ4v) is 1.56. The maximum absolute atomic E-state index is 5.51. The van der Waals surface area contributed by atoms with Crippen LogP contribution in [-0.2, 0) is 0 Å². The average Bonchev–Trinajstić information content (AvgIpc) is 2.19. The lowest BCUT2D eigenvalue weighted by Crippen LogP contribution is -2.32. The molecule has 13 heavy (non-hydrogen) atoms. The summed E-state index contributed by atoms with van der Waals surface area (Å²) in [5, 5.41) is 3.07. The molecule has 0 atom stereocenters. The van der Waals surface area contributed by atoms with Crippen LogP contribution >= 0.6 is 0 Å². The third-order valence-corrected chi connectivity index (χ3v) is 2.38. The number of nitrogens with zero attached hydrogens (tertiary/aromatic N) is 1. The van der Waals surface area contributed by atoms with Gasteiger partial charge in [0.25, 0.3) is 0 Å². The molecule has 0 spiro atoms. The van der Waals surface area contributed by atoms with Gasteiger partial charge >= 0.3 is 0 Å². The van der Waals surface area contributed by atoms with Crippen molar-refractivity contribution in [2.24, 2.45) is 10.7 Å². The molecule has 0 bridgehead atoms. The molecular weight excluding hydrogens is 162 g/mol. The zero-order valence-electron chi connectivity index (χ0n) is 8.34. The first-order valence-electron chi connectivity index (χ1n) is 4.97. The standard InChI is InChI=1S/C10H19N3/c1-12-10(11)13-8-7-9-5-3-2-4-6-9/h5H,2-4,6-8H2,1H3,(H3,11,12,13). The molecule has 3 N–H and O–H groups in total. The second-order valence-corrected chi connectivity index (χ2v) is 3.39. The monoisotopic (exact) mass is 181 g/mol. The van der Waals surface area contributed by atoms with Gasteiger partial charge in [-0.15, -0.1) is 0 Å². The summed E-state index contributed by atoms with van der Waals surface area (Å²) < 4.78 is 0. The van der Waals surface area contributed by atoms with E-state index in [0.717, 1.165) is 13.0 Å². The lowest BCUT2D eigenvalue weighted by molar-refractivity contribution is 0.668. The average molecular weight is 181 g/mol. The Labute approximate surface area is 80.1 Å². The number of hydrogen-bond acceptors (Lipinski definition) is 1. The number of allylic oxidation sites excluding steroid dienone is 1. The second-order valence-electron chi connectivity index (χ2n) is 3.39.